The van der Waals surface area contributed by atoms with Gasteiger partial charge in [-0.05, 0) is 18.6 Å². The first kappa shape index (κ1) is 15.6. The Hall–Kier alpha value is -1.76. The molecule has 1 aromatic carbocycles. The number of amides is 2. The van der Waals surface area contributed by atoms with Gasteiger partial charge in [-0.15, -0.1) is 0 Å². The van der Waals surface area contributed by atoms with E-state index in [0.29, 0.717) is 19.7 Å². The van der Waals surface area contributed by atoms with Gasteiger partial charge >= 0.3 is 12.2 Å². The molecule has 2 amide bonds. The first-order valence-corrected chi connectivity index (χ1v) is 6.67. The fraction of sp³-hybridized carbons (Fsp3) is 0.500. The van der Waals surface area contributed by atoms with Gasteiger partial charge in [0.05, 0.1) is 19.1 Å². The van der Waals surface area contributed by atoms with E-state index >= 15 is 0 Å². The van der Waals surface area contributed by atoms with Crippen LogP contribution in [-0.4, -0.2) is 42.9 Å². The van der Waals surface area contributed by atoms with Gasteiger partial charge in [0.2, 0.25) is 0 Å². The average Bonchev–Trinajstić information content (AvgIpc) is 2.39. The Bertz CT molecular complexity index is 505. The number of morpholine rings is 1. The van der Waals surface area contributed by atoms with Gasteiger partial charge in [0.25, 0.3) is 0 Å². The lowest BCUT2D eigenvalue weighted by atomic mass is 10.1. The van der Waals surface area contributed by atoms with Crippen molar-refractivity contribution in [2.45, 2.75) is 25.6 Å². The van der Waals surface area contributed by atoms with Crippen LogP contribution in [0.2, 0.25) is 0 Å². The number of carbonyl (C=O) groups excluding carboxylic acids is 1. The molecule has 1 heterocycles. The highest BCUT2D eigenvalue weighted by Gasteiger charge is 2.29. The van der Waals surface area contributed by atoms with E-state index in [1.165, 1.54) is 18.2 Å². The molecule has 0 aliphatic carbocycles. The van der Waals surface area contributed by atoms with Crippen LogP contribution in [-0.2, 0) is 11.2 Å². The number of urea groups is 1. The molecule has 1 aromatic rings. The van der Waals surface area contributed by atoms with E-state index in [4.69, 9.17) is 4.74 Å². The highest BCUT2D eigenvalue weighted by molar-refractivity contribution is 5.90. The number of alkyl halides is 3. The molecule has 0 aromatic heterocycles. The number of anilines is 1. The number of benzene rings is 1. The zero-order valence-electron chi connectivity index (χ0n) is 11.6. The molecule has 1 atom stereocenters. The number of hydrogen-bond donors (Lipinski definition) is 1. The summed E-state index contributed by atoms with van der Waals surface area (Å²) in [5.41, 5.74) is 0.249. The molecule has 0 bridgehead atoms. The van der Waals surface area contributed by atoms with Crippen molar-refractivity contribution in [2.75, 3.05) is 25.0 Å². The maximum atomic E-state index is 12.5. The van der Waals surface area contributed by atoms with E-state index < -0.39 is 18.6 Å². The fourth-order valence-corrected chi connectivity index (χ4v) is 2.21. The van der Waals surface area contributed by atoms with Gasteiger partial charge in [-0.2, -0.15) is 13.2 Å². The summed E-state index contributed by atoms with van der Waals surface area (Å²) in [6.45, 7) is 3.13. The van der Waals surface area contributed by atoms with Gasteiger partial charge in [-0.25, -0.2) is 4.79 Å². The number of nitrogens with zero attached hydrogens (tertiary/aromatic N) is 1. The SMILES string of the molecule is C[C@@H]1CN(C(=O)Nc2ccccc2CC(F)(F)F)CCO1. The molecule has 1 saturated heterocycles. The second-order valence-electron chi connectivity index (χ2n) is 5.01. The van der Waals surface area contributed by atoms with Crippen LogP contribution in [0.3, 0.4) is 0 Å². The Balaban J connectivity index is 2.07. The molecule has 0 unspecified atom stereocenters. The topological polar surface area (TPSA) is 41.6 Å². The van der Waals surface area contributed by atoms with Crippen molar-refractivity contribution in [2.24, 2.45) is 0 Å². The third kappa shape index (κ3) is 4.63. The lowest BCUT2D eigenvalue weighted by Crippen LogP contribution is -2.46. The van der Waals surface area contributed by atoms with Crippen LogP contribution in [0.25, 0.3) is 0 Å². The maximum Gasteiger partial charge on any atom is 0.393 e. The molecule has 21 heavy (non-hydrogen) atoms. The van der Waals surface area contributed by atoms with E-state index in [2.05, 4.69) is 5.32 Å². The molecule has 1 aliphatic rings. The van der Waals surface area contributed by atoms with Crippen molar-refractivity contribution in [1.82, 2.24) is 4.90 Å². The Morgan fingerprint density at radius 1 is 1.43 bits per heavy atom. The highest BCUT2D eigenvalue weighted by Crippen LogP contribution is 2.26. The summed E-state index contributed by atoms with van der Waals surface area (Å²) in [6.07, 6.45) is -5.45. The Labute approximate surface area is 120 Å². The van der Waals surface area contributed by atoms with Gasteiger partial charge < -0.3 is 15.0 Å². The van der Waals surface area contributed by atoms with Crippen LogP contribution in [0.15, 0.2) is 24.3 Å². The van der Waals surface area contributed by atoms with Crippen LogP contribution < -0.4 is 5.32 Å². The number of para-hydroxylation sites is 1. The summed E-state index contributed by atoms with van der Waals surface area (Å²) in [7, 11) is 0. The summed E-state index contributed by atoms with van der Waals surface area (Å²) in [4.78, 5) is 13.6. The van der Waals surface area contributed by atoms with E-state index in [1.807, 2.05) is 6.92 Å². The zero-order valence-corrected chi connectivity index (χ0v) is 11.6. The van der Waals surface area contributed by atoms with Crippen molar-refractivity contribution in [3.05, 3.63) is 29.8 Å². The molecule has 0 saturated carbocycles. The highest BCUT2D eigenvalue weighted by atomic mass is 19.4. The predicted octanol–water partition coefficient (Wildman–Crippen LogP) is 3.04. The summed E-state index contributed by atoms with van der Waals surface area (Å²) < 4.78 is 42.9. The minimum atomic E-state index is -4.31. The van der Waals surface area contributed by atoms with Gasteiger partial charge in [0.15, 0.2) is 0 Å². The second kappa shape index (κ2) is 6.34. The van der Waals surface area contributed by atoms with Crippen LogP contribution >= 0.6 is 0 Å². The van der Waals surface area contributed by atoms with Gasteiger partial charge in [0, 0.05) is 18.8 Å². The van der Waals surface area contributed by atoms with Crippen LogP contribution in [0.4, 0.5) is 23.7 Å². The standard InChI is InChI=1S/C14H17F3N2O2/c1-10-9-19(6-7-21-10)13(20)18-12-5-3-2-4-11(12)8-14(15,16)17/h2-5,10H,6-9H2,1H3,(H,18,20)/t10-/m1/s1. The molecular formula is C14H17F3N2O2. The quantitative estimate of drug-likeness (QED) is 0.912. The number of carbonyl (C=O) groups is 1. The molecule has 7 heteroatoms. The van der Waals surface area contributed by atoms with Crippen molar-refractivity contribution < 1.29 is 22.7 Å². The smallest absolute Gasteiger partial charge is 0.375 e. The summed E-state index contributed by atoms with van der Waals surface area (Å²) in [6, 6.07) is 5.55. The third-order valence-electron chi connectivity index (χ3n) is 3.18. The molecular weight excluding hydrogens is 285 g/mol. The summed E-state index contributed by atoms with van der Waals surface area (Å²) in [5, 5.41) is 2.55. The minimum absolute atomic E-state index is 0.0552. The summed E-state index contributed by atoms with van der Waals surface area (Å²) in [5.74, 6) is 0. The largest absolute Gasteiger partial charge is 0.393 e. The molecule has 116 valence electrons. The number of halogens is 3. The molecule has 1 aliphatic heterocycles. The van der Waals surface area contributed by atoms with Gasteiger partial charge in [-0.3, -0.25) is 0 Å². The predicted molar refractivity (Wildman–Crippen MR) is 72.2 cm³/mol. The molecule has 4 nitrogen and oxygen atoms in total. The Morgan fingerprint density at radius 2 is 2.14 bits per heavy atom. The maximum absolute atomic E-state index is 12.5. The lowest BCUT2D eigenvalue weighted by Gasteiger charge is -2.31. The molecule has 0 spiro atoms. The lowest BCUT2D eigenvalue weighted by molar-refractivity contribution is -0.127. The second-order valence-corrected chi connectivity index (χ2v) is 5.01. The molecule has 2 rings (SSSR count). The Kier molecular flexibility index (Phi) is 4.72. The number of ether oxygens (including phenoxy) is 1. The van der Waals surface area contributed by atoms with Gasteiger partial charge in [0.1, 0.15) is 0 Å². The van der Waals surface area contributed by atoms with Crippen LogP contribution in [0, 0.1) is 0 Å². The summed E-state index contributed by atoms with van der Waals surface area (Å²) >= 11 is 0. The number of nitrogens with one attached hydrogen (secondary N) is 1. The van der Waals surface area contributed by atoms with E-state index in [9.17, 15) is 18.0 Å². The molecule has 0 radical (unpaired) electrons. The Morgan fingerprint density at radius 3 is 2.81 bits per heavy atom. The number of rotatable bonds is 2. The molecule has 1 fully saturated rings. The monoisotopic (exact) mass is 302 g/mol. The van der Waals surface area contributed by atoms with Crippen LogP contribution in [0.5, 0.6) is 0 Å². The van der Waals surface area contributed by atoms with Crippen molar-refractivity contribution in [3.8, 4) is 0 Å². The minimum Gasteiger partial charge on any atom is -0.375 e. The average molecular weight is 302 g/mol. The van der Waals surface area contributed by atoms with E-state index in [-0.39, 0.29) is 17.4 Å². The van der Waals surface area contributed by atoms with E-state index in [0.717, 1.165) is 0 Å². The normalized spacial score (nSPS) is 19.4. The van der Waals surface area contributed by atoms with Crippen LogP contribution in [0.1, 0.15) is 12.5 Å². The number of hydrogen-bond acceptors (Lipinski definition) is 2. The first-order chi connectivity index (χ1) is 9.85. The van der Waals surface area contributed by atoms with Crippen molar-refractivity contribution >= 4 is 11.7 Å². The zero-order chi connectivity index (χ0) is 15.5. The fourth-order valence-electron chi connectivity index (χ4n) is 2.21. The first-order valence-electron chi connectivity index (χ1n) is 6.67. The molecule has 1 N–H and O–H groups in total. The van der Waals surface area contributed by atoms with E-state index in [1.54, 1.807) is 11.0 Å². The third-order valence-corrected chi connectivity index (χ3v) is 3.18. The van der Waals surface area contributed by atoms with Crippen molar-refractivity contribution in [3.63, 3.8) is 0 Å². The van der Waals surface area contributed by atoms with Gasteiger partial charge in [-0.1, -0.05) is 18.2 Å². The van der Waals surface area contributed by atoms with Crippen molar-refractivity contribution in [1.29, 1.82) is 0 Å².